The molecule has 1 unspecified atom stereocenters. The van der Waals surface area contributed by atoms with Gasteiger partial charge in [-0.25, -0.2) is 13.6 Å². The molecule has 0 aliphatic carbocycles. The van der Waals surface area contributed by atoms with Gasteiger partial charge in [0.1, 0.15) is 29.3 Å². The molecule has 1 aliphatic heterocycles. The minimum Gasteiger partial charge on any atom is -0.612 e. The zero-order valence-corrected chi connectivity index (χ0v) is 26.0. The highest BCUT2D eigenvalue weighted by atomic mass is 35.5. The number of rotatable bonds is 7. The zero-order valence-electron chi connectivity index (χ0n) is 23.7. The molecule has 0 spiro atoms. The van der Waals surface area contributed by atoms with E-state index < -0.39 is 63.5 Å². The molecular formula is C31H29Cl2F2N3O4S. The first-order chi connectivity index (χ1) is 20.0. The van der Waals surface area contributed by atoms with Gasteiger partial charge in [0.05, 0.1) is 22.8 Å². The lowest BCUT2D eigenvalue weighted by molar-refractivity contribution is -0.138. The highest BCUT2D eigenvalue weighted by Gasteiger charge is 2.65. The minimum atomic E-state index is -2.04. The van der Waals surface area contributed by atoms with Crippen molar-refractivity contribution < 1.29 is 28.0 Å². The molecular weight excluding hydrogens is 619 g/mol. The number of carbonyl (C=O) groups excluding carboxylic acids is 1. The van der Waals surface area contributed by atoms with E-state index in [0.717, 1.165) is 6.07 Å². The van der Waals surface area contributed by atoms with Crippen molar-refractivity contribution in [2.75, 3.05) is 11.2 Å². The quantitative estimate of drug-likeness (QED) is 0.284. The number of nitrogens with zero attached hydrogens (tertiary/aromatic N) is 2. The Balaban J connectivity index is 2.22. The second-order valence-electron chi connectivity index (χ2n) is 11.7. The summed E-state index contributed by atoms with van der Waals surface area (Å²) in [5.74, 6) is -5.59. The SMILES string of the molecule is C[S+]([O-])c1cc(C(N)=O)ccc1N1[C@@H](CC(C)(C)C)[C@](C#N)(c2ccc(Cl)cc2F)[C@@H](c2cccc(Cl)c2F)[C@@H]1C(=O)O. The molecule has 1 amide bonds. The monoisotopic (exact) mass is 647 g/mol. The highest BCUT2D eigenvalue weighted by molar-refractivity contribution is 7.90. The van der Waals surface area contributed by atoms with Gasteiger partial charge in [0.15, 0.2) is 4.90 Å². The number of hydrogen-bond acceptors (Lipinski definition) is 5. The Morgan fingerprint density at radius 1 is 1.16 bits per heavy atom. The van der Waals surface area contributed by atoms with Crippen LogP contribution in [-0.2, 0) is 21.4 Å². The van der Waals surface area contributed by atoms with E-state index in [1.165, 1.54) is 59.7 Å². The Hall–Kier alpha value is -3.36. The normalized spacial score (nSPS) is 22.7. The van der Waals surface area contributed by atoms with Gasteiger partial charge in [-0.1, -0.05) is 62.2 Å². The third-order valence-electron chi connectivity index (χ3n) is 7.74. The van der Waals surface area contributed by atoms with E-state index in [0.29, 0.717) is 0 Å². The number of anilines is 1. The molecule has 1 aliphatic rings. The lowest BCUT2D eigenvalue weighted by Gasteiger charge is -2.40. The van der Waals surface area contributed by atoms with Crippen LogP contribution < -0.4 is 10.6 Å². The maximum absolute atomic E-state index is 16.0. The van der Waals surface area contributed by atoms with E-state index in [4.69, 9.17) is 28.9 Å². The number of benzene rings is 3. The molecule has 43 heavy (non-hydrogen) atoms. The molecule has 0 saturated carbocycles. The topological polar surface area (TPSA) is 130 Å². The predicted octanol–water partition coefficient (Wildman–Crippen LogP) is 6.43. The van der Waals surface area contributed by atoms with Gasteiger partial charge in [-0.05, 0) is 58.9 Å². The summed E-state index contributed by atoms with van der Waals surface area (Å²) < 4.78 is 45.0. The summed E-state index contributed by atoms with van der Waals surface area (Å²) in [5.41, 5.74) is 2.61. The van der Waals surface area contributed by atoms with Crippen LogP contribution in [0.1, 0.15) is 54.6 Å². The number of amides is 1. The maximum atomic E-state index is 16.0. The minimum absolute atomic E-state index is 0.0279. The number of carbonyl (C=O) groups is 2. The standard InChI is InChI=1S/C31H29Cl2F2N3O4S/c1-30(2,3)14-24-31(15-36,19-10-9-17(32)13-21(19)34)25(18-6-5-7-20(33)26(18)35)27(29(40)41)38(24)22-11-8-16(28(37)39)12-23(22)43(4)42/h5-13,24-25,27H,14H2,1-4H3,(H2,37,39)(H,40,41)/t24-,25-,27+,31-,43?/m0/s1. The van der Waals surface area contributed by atoms with Crippen LogP contribution in [0.25, 0.3) is 0 Å². The van der Waals surface area contributed by atoms with E-state index in [-0.39, 0.29) is 43.7 Å². The Kier molecular flexibility index (Phi) is 9.06. The lowest BCUT2D eigenvalue weighted by Crippen LogP contribution is -2.47. The Bertz CT molecular complexity index is 1640. The number of halogens is 4. The molecule has 3 aromatic rings. The number of nitriles is 1. The van der Waals surface area contributed by atoms with Crippen LogP contribution in [0, 0.1) is 28.4 Å². The summed E-state index contributed by atoms with van der Waals surface area (Å²) in [6.45, 7) is 5.59. The van der Waals surface area contributed by atoms with Crippen molar-refractivity contribution in [3.8, 4) is 6.07 Å². The number of hydrogen-bond donors (Lipinski definition) is 2. The van der Waals surface area contributed by atoms with Crippen molar-refractivity contribution in [2.24, 2.45) is 11.1 Å². The molecule has 7 nitrogen and oxygen atoms in total. The highest BCUT2D eigenvalue weighted by Crippen LogP contribution is 2.58. The fourth-order valence-electron chi connectivity index (χ4n) is 6.11. The number of carboxylic acid groups (broad SMARTS) is 1. The molecule has 12 heteroatoms. The summed E-state index contributed by atoms with van der Waals surface area (Å²) in [4.78, 5) is 26.8. The number of carboxylic acids is 1. The van der Waals surface area contributed by atoms with E-state index in [2.05, 4.69) is 6.07 Å². The first kappa shape index (κ1) is 32.6. The van der Waals surface area contributed by atoms with Gasteiger partial charge in [0, 0.05) is 28.1 Å². The molecule has 4 rings (SSSR count). The number of nitrogens with two attached hydrogens (primary N) is 1. The van der Waals surface area contributed by atoms with Gasteiger partial charge in [0.2, 0.25) is 5.91 Å². The second-order valence-corrected chi connectivity index (χ2v) is 13.9. The Labute approximate surface area is 261 Å². The van der Waals surface area contributed by atoms with Gasteiger partial charge in [-0.3, -0.25) is 4.79 Å². The second kappa shape index (κ2) is 12.0. The van der Waals surface area contributed by atoms with Gasteiger partial charge < -0.3 is 20.3 Å². The fraction of sp³-hybridized carbons (Fsp3) is 0.323. The molecule has 226 valence electrons. The van der Waals surface area contributed by atoms with E-state index >= 15 is 8.78 Å². The molecule has 3 N–H and O–H groups in total. The molecule has 5 atom stereocenters. The van der Waals surface area contributed by atoms with Crippen LogP contribution in [0.3, 0.4) is 0 Å². The van der Waals surface area contributed by atoms with Crippen LogP contribution in [0.2, 0.25) is 10.0 Å². The number of aliphatic carboxylic acids is 1. The smallest absolute Gasteiger partial charge is 0.327 e. The Morgan fingerprint density at radius 2 is 1.84 bits per heavy atom. The predicted molar refractivity (Wildman–Crippen MR) is 162 cm³/mol. The first-order valence-electron chi connectivity index (χ1n) is 13.1. The zero-order chi connectivity index (χ0) is 32.0. The van der Waals surface area contributed by atoms with Crippen molar-refractivity contribution in [1.82, 2.24) is 0 Å². The van der Waals surface area contributed by atoms with Crippen molar-refractivity contribution in [2.45, 2.75) is 55.5 Å². The van der Waals surface area contributed by atoms with E-state index in [9.17, 15) is 24.5 Å². The summed E-state index contributed by atoms with van der Waals surface area (Å²) >= 11 is 10.5. The maximum Gasteiger partial charge on any atom is 0.327 e. The summed E-state index contributed by atoms with van der Waals surface area (Å²) in [7, 11) is 0. The Morgan fingerprint density at radius 3 is 2.37 bits per heavy atom. The molecule has 3 aromatic carbocycles. The summed E-state index contributed by atoms with van der Waals surface area (Å²) in [6, 6.07) is 11.2. The average Bonchev–Trinajstić information content (AvgIpc) is 3.19. The van der Waals surface area contributed by atoms with Gasteiger partial charge in [-0.15, -0.1) is 0 Å². The van der Waals surface area contributed by atoms with Crippen molar-refractivity contribution in [1.29, 1.82) is 5.26 Å². The van der Waals surface area contributed by atoms with Gasteiger partial charge in [0.25, 0.3) is 0 Å². The van der Waals surface area contributed by atoms with Crippen LogP contribution in [0.4, 0.5) is 14.5 Å². The van der Waals surface area contributed by atoms with Crippen molar-refractivity contribution in [3.63, 3.8) is 0 Å². The van der Waals surface area contributed by atoms with E-state index in [1.54, 1.807) is 0 Å². The van der Waals surface area contributed by atoms with Gasteiger partial charge >= 0.3 is 5.97 Å². The average molecular weight is 649 g/mol. The van der Waals surface area contributed by atoms with Crippen LogP contribution in [0.15, 0.2) is 59.5 Å². The number of primary amides is 1. The molecule has 0 bridgehead atoms. The molecule has 0 aromatic heterocycles. The summed E-state index contributed by atoms with van der Waals surface area (Å²) in [6.07, 6.45) is 1.46. The molecule has 1 saturated heterocycles. The third kappa shape index (κ3) is 5.79. The first-order valence-corrected chi connectivity index (χ1v) is 15.5. The molecule has 1 fully saturated rings. The third-order valence-corrected chi connectivity index (χ3v) is 9.21. The summed E-state index contributed by atoms with van der Waals surface area (Å²) in [5, 5.41) is 21.7. The van der Waals surface area contributed by atoms with Crippen LogP contribution in [-0.4, -0.2) is 39.9 Å². The molecule has 1 heterocycles. The molecule has 0 radical (unpaired) electrons. The fourth-order valence-corrected chi connectivity index (χ4v) is 7.21. The van der Waals surface area contributed by atoms with Crippen LogP contribution >= 0.6 is 23.2 Å². The van der Waals surface area contributed by atoms with Crippen molar-refractivity contribution >= 4 is 51.9 Å². The van der Waals surface area contributed by atoms with Crippen LogP contribution in [0.5, 0.6) is 0 Å². The van der Waals surface area contributed by atoms with Crippen molar-refractivity contribution in [3.05, 3.63) is 93.0 Å². The lowest BCUT2D eigenvalue weighted by atomic mass is 9.62. The largest absolute Gasteiger partial charge is 0.612 e. The van der Waals surface area contributed by atoms with E-state index in [1.807, 2.05) is 20.8 Å². The van der Waals surface area contributed by atoms with Gasteiger partial charge in [-0.2, -0.15) is 5.26 Å².